The van der Waals surface area contributed by atoms with Crippen LogP contribution >= 0.6 is 0 Å². The first-order chi connectivity index (χ1) is 10.8. The number of rotatable bonds is 5. The summed E-state index contributed by atoms with van der Waals surface area (Å²) in [6, 6.07) is 5.46. The standard InChI is InChI=1S/C16H25N3O3S/c1-12(2)11-19(15-5-3-4-10-18-16(15)20)23(21,22)14-8-6-13(17)7-9-14/h6-9,12,15H,3-5,10-11,17H2,1-2H3,(H,18,20). The molecule has 0 saturated carbocycles. The zero-order valence-corrected chi connectivity index (χ0v) is 14.5. The number of hydrogen-bond donors (Lipinski definition) is 2. The zero-order valence-electron chi connectivity index (χ0n) is 13.7. The molecule has 1 aliphatic heterocycles. The largest absolute Gasteiger partial charge is 0.399 e. The molecule has 3 N–H and O–H groups in total. The molecule has 23 heavy (non-hydrogen) atoms. The fraction of sp³-hybridized carbons (Fsp3) is 0.562. The molecule has 0 aliphatic carbocycles. The minimum atomic E-state index is -3.74. The summed E-state index contributed by atoms with van der Waals surface area (Å²) in [6.45, 7) is 4.80. The quantitative estimate of drug-likeness (QED) is 0.797. The van der Waals surface area contributed by atoms with E-state index in [4.69, 9.17) is 5.73 Å². The highest BCUT2D eigenvalue weighted by Crippen LogP contribution is 2.24. The first-order valence-electron chi connectivity index (χ1n) is 7.97. The van der Waals surface area contributed by atoms with Crippen molar-refractivity contribution in [2.75, 3.05) is 18.8 Å². The fourth-order valence-electron chi connectivity index (χ4n) is 2.73. The van der Waals surface area contributed by atoms with Crippen LogP contribution in [0.2, 0.25) is 0 Å². The van der Waals surface area contributed by atoms with Crippen molar-refractivity contribution in [1.29, 1.82) is 0 Å². The predicted octanol–water partition coefficient (Wildman–Crippen LogP) is 1.58. The Kier molecular flexibility index (Phi) is 5.64. The molecule has 0 radical (unpaired) electrons. The summed E-state index contributed by atoms with van der Waals surface area (Å²) in [5.41, 5.74) is 6.15. The molecule has 1 unspecified atom stereocenters. The third-order valence-corrected chi connectivity index (χ3v) is 5.77. The molecule has 1 amide bonds. The molecule has 6 nitrogen and oxygen atoms in total. The van der Waals surface area contributed by atoms with Gasteiger partial charge >= 0.3 is 0 Å². The number of amides is 1. The van der Waals surface area contributed by atoms with E-state index in [1.165, 1.54) is 16.4 Å². The Bertz CT molecular complexity index is 641. The van der Waals surface area contributed by atoms with Crippen molar-refractivity contribution < 1.29 is 13.2 Å². The highest BCUT2D eigenvalue weighted by molar-refractivity contribution is 7.89. The van der Waals surface area contributed by atoms with Crippen LogP contribution in [0.1, 0.15) is 33.1 Å². The molecule has 0 bridgehead atoms. The molecular weight excluding hydrogens is 314 g/mol. The van der Waals surface area contributed by atoms with Crippen molar-refractivity contribution in [3.05, 3.63) is 24.3 Å². The van der Waals surface area contributed by atoms with Gasteiger partial charge in [0, 0.05) is 18.8 Å². The van der Waals surface area contributed by atoms with Crippen molar-refractivity contribution in [1.82, 2.24) is 9.62 Å². The van der Waals surface area contributed by atoms with Gasteiger partial charge in [-0.25, -0.2) is 8.42 Å². The molecule has 1 fully saturated rings. The van der Waals surface area contributed by atoms with Gasteiger partial charge < -0.3 is 11.1 Å². The van der Waals surface area contributed by atoms with Crippen molar-refractivity contribution in [3.8, 4) is 0 Å². The van der Waals surface area contributed by atoms with Crippen LogP contribution in [-0.4, -0.2) is 37.8 Å². The van der Waals surface area contributed by atoms with Crippen LogP contribution < -0.4 is 11.1 Å². The van der Waals surface area contributed by atoms with Gasteiger partial charge in [0.15, 0.2) is 0 Å². The average Bonchev–Trinajstić information content (AvgIpc) is 2.69. The van der Waals surface area contributed by atoms with Gasteiger partial charge in [0.25, 0.3) is 0 Å². The molecule has 1 aliphatic rings. The van der Waals surface area contributed by atoms with Crippen LogP contribution in [0.15, 0.2) is 29.2 Å². The molecule has 0 spiro atoms. The van der Waals surface area contributed by atoms with E-state index in [0.29, 0.717) is 25.2 Å². The Morgan fingerprint density at radius 3 is 2.52 bits per heavy atom. The molecule has 2 rings (SSSR count). The topological polar surface area (TPSA) is 92.5 Å². The number of nitrogen functional groups attached to an aromatic ring is 1. The smallest absolute Gasteiger partial charge is 0.243 e. The molecular formula is C16H25N3O3S. The van der Waals surface area contributed by atoms with E-state index in [9.17, 15) is 13.2 Å². The second-order valence-electron chi connectivity index (χ2n) is 6.34. The number of carbonyl (C=O) groups is 1. The lowest BCUT2D eigenvalue weighted by molar-refractivity contribution is -0.124. The number of anilines is 1. The fourth-order valence-corrected chi connectivity index (χ4v) is 4.51. The minimum Gasteiger partial charge on any atom is -0.399 e. The number of nitrogens with zero attached hydrogens (tertiary/aromatic N) is 1. The highest BCUT2D eigenvalue weighted by Gasteiger charge is 2.36. The molecule has 1 atom stereocenters. The van der Waals surface area contributed by atoms with Gasteiger partial charge in [-0.3, -0.25) is 4.79 Å². The second kappa shape index (κ2) is 7.31. The van der Waals surface area contributed by atoms with Crippen molar-refractivity contribution >= 4 is 21.6 Å². The van der Waals surface area contributed by atoms with Crippen molar-refractivity contribution in [2.45, 2.75) is 44.0 Å². The Morgan fingerprint density at radius 1 is 1.26 bits per heavy atom. The number of hydrogen-bond acceptors (Lipinski definition) is 4. The summed E-state index contributed by atoms with van der Waals surface area (Å²) in [4.78, 5) is 12.5. The average molecular weight is 339 g/mol. The van der Waals surface area contributed by atoms with Crippen LogP contribution in [-0.2, 0) is 14.8 Å². The number of nitrogens with two attached hydrogens (primary N) is 1. The van der Waals surface area contributed by atoms with Gasteiger partial charge in [-0.1, -0.05) is 13.8 Å². The monoisotopic (exact) mass is 339 g/mol. The number of carbonyl (C=O) groups excluding carboxylic acids is 1. The van der Waals surface area contributed by atoms with Crippen LogP contribution in [0.5, 0.6) is 0 Å². The number of benzene rings is 1. The predicted molar refractivity (Wildman–Crippen MR) is 90.2 cm³/mol. The third kappa shape index (κ3) is 4.23. The molecule has 128 valence electrons. The van der Waals surface area contributed by atoms with E-state index in [-0.39, 0.29) is 16.7 Å². The van der Waals surface area contributed by atoms with E-state index >= 15 is 0 Å². The van der Waals surface area contributed by atoms with Crippen LogP contribution in [0.3, 0.4) is 0 Å². The molecule has 1 aromatic carbocycles. The lowest BCUT2D eigenvalue weighted by Crippen LogP contribution is -2.49. The number of sulfonamides is 1. The maximum atomic E-state index is 13.0. The van der Waals surface area contributed by atoms with Crippen LogP contribution in [0.25, 0.3) is 0 Å². The SMILES string of the molecule is CC(C)CN(C1CCCCNC1=O)S(=O)(=O)c1ccc(N)cc1. The summed E-state index contributed by atoms with van der Waals surface area (Å²) in [6.07, 6.45) is 2.25. The Labute approximate surface area is 138 Å². The van der Waals surface area contributed by atoms with Crippen molar-refractivity contribution in [2.24, 2.45) is 5.92 Å². The van der Waals surface area contributed by atoms with Gasteiger partial charge in [-0.05, 0) is 49.4 Å². The molecule has 7 heteroatoms. The van der Waals surface area contributed by atoms with E-state index in [2.05, 4.69) is 5.32 Å². The number of nitrogens with one attached hydrogen (secondary N) is 1. The molecule has 1 saturated heterocycles. The Hall–Kier alpha value is -1.60. The maximum absolute atomic E-state index is 13.0. The normalized spacial score (nSPS) is 19.7. The van der Waals surface area contributed by atoms with Crippen molar-refractivity contribution in [3.63, 3.8) is 0 Å². The lowest BCUT2D eigenvalue weighted by Gasteiger charge is -2.30. The zero-order chi connectivity index (χ0) is 17.0. The van der Waals surface area contributed by atoms with E-state index in [1.54, 1.807) is 12.1 Å². The van der Waals surface area contributed by atoms with E-state index in [1.807, 2.05) is 13.8 Å². The summed E-state index contributed by atoms with van der Waals surface area (Å²) in [5, 5.41) is 2.82. The second-order valence-corrected chi connectivity index (χ2v) is 8.23. The first-order valence-corrected chi connectivity index (χ1v) is 9.41. The van der Waals surface area contributed by atoms with E-state index < -0.39 is 16.1 Å². The maximum Gasteiger partial charge on any atom is 0.243 e. The first kappa shape index (κ1) is 17.7. The third-order valence-electron chi connectivity index (χ3n) is 3.89. The lowest BCUT2D eigenvalue weighted by atomic mass is 10.1. The van der Waals surface area contributed by atoms with Gasteiger partial charge in [0.2, 0.25) is 15.9 Å². The molecule has 1 aromatic rings. The Morgan fingerprint density at radius 2 is 1.91 bits per heavy atom. The summed E-state index contributed by atoms with van der Waals surface area (Å²) < 4.78 is 27.4. The van der Waals surface area contributed by atoms with E-state index in [0.717, 1.165) is 12.8 Å². The minimum absolute atomic E-state index is 0.120. The van der Waals surface area contributed by atoms with Gasteiger partial charge in [-0.15, -0.1) is 0 Å². The van der Waals surface area contributed by atoms with Gasteiger partial charge in [-0.2, -0.15) is 4.31 Å². The summed E-state index contributed by atoms with van der Waals surface area (Å²) >= 11 is 0. The highest BCUT2D eigenvalue weighted by atomic mass is 32.2. The summed E-state index contributed by atoms with van der Waals surface area (Å²) in [7, 11) is -3.74. The summed E-state index contributed by atoms with van der Waals surface area (Å²) in [5.74, 6) is -0.0863. The van der Waals surface area contributed by atoms with Crippen LogP contribution in [0, 0.1) is 5.92 Å². The molecule has 1 heterocycles. The molecule has 0 aromatic heterocycles. The van der Waals surface area contributed by atoms with Gasteiger partial charge in [0.1, 0.15) is 6.04 Å². The van der Waals surface area contributed by atoms with Crippen LogP contribution in [0.4, 0.5) is 5.69 Å². The van der Waals surface area contributed by atoms with Gasteiger partial charge in [0.05, 0.1) is 4.90 Å². The Balaban J connectivity index is 2.40.